The maximum atomic E-state index is 12.4. The predicted octanol–water partition coefficient (Wildman–Crippen LogP) is 3.50. The summed E-state index contributed by atoms with van der Waals surface area (Å²) in [5.74, 6) is 0. The molecule has 0 amide bonds. The minimum absolute atomic E-state index is 0.456. The Bertz CT molecular complexity index is 462. The molecule has 1 rings (SSSR count). The topological polar surface area (TPSA) is 69.2 Å². The molecule has 0 aliphatic rings. The van der Waals surface area contributed by atoms with Gasteiger partial charge in [-0.25, -0.2) is 0 Å². The normalized spacial score (nSPS) is 11.6. The highest BCUT2D eigenvalue weighted by atomic mass is 35.5. The van der Waals surface area contributed by atoms with Crippen LogP contribution in [0.2, 0.25) is 10.0 Å². The molecule has 0 saturated heterocycles. The van der Waals surface area contributed by atoms with Crippen LogP contribution in [0.4, 0.5) is 24.5 Å². The van der Waals surface area contributed by atoms with E-state index in [4.69, 9.17) is 28.9 Å². The molecule has 0 aromatic heterocycles. The van der Waals surface area contributed by atoms with Crippen molar-refractivity contribution in [3.8, 4) is 0 Å². The Balaban J connectivity index is 3.64. The van der Waals surface area contributed by atoms with Gasteiger partial charge in [0, 0.05) is 0 Å². The fraction of sp³-hybridized carbons (Fsp3) is 0.143. The maximum absolute atomic E-state index is 12.4. The number of nitro groups is 1. The summed E-state index contributed by atoms with van der Waals surface area (Å²) in [6.45, 7) is 0. The molecule has 0 bridgehead atoms. The molecule has 0 saturated carbocycles. The van der Waals surface area contributed by atoms with E-state index in [1.54, 1.807) is 0 Å². The number of alkyl halides is 3. The van der Waals surface area contributed by atoms with Crippen LogP contribution in [0.1, 0.15) is 5.56 Å². The lowest BCUT2D eigenvalue weighted by Crippen LogP contribution is -2.09. The second-order valence-electron chi connectivity index (χ2n) is 2.74. The van der Waals surface area contributed by atoms with E-state index in [1.807, 2.05) is 0 Å². The molecule has 0 aliphatic heterocycles. The number of rotatable bonds is 1. The first-order valence-corrected chi connectivity index (χ1v) is 4.41. The molecule has 0 unspecified atom stereocenters. The quantitative estimate of drug-likeness (QED) is 0.484. The highest BCUT2D eigenvalue weighted by Gasteiger charge is 2.38. The third-order valence-corrected chi connectivity index (χ3v) is 2.47. The van der Waals surface area contributed by atoms with Gasteiger partial charge in [-0.05, 0) is 6.07 Å². The Morgan fingerprint density at radius 1 is 1.31 bits per heavy atom. The molecule has 2 N–H and O–H groups in total. The molecular formula is C7H3Cl2F3N2O2. The molecule has 0 radical (unpaired) electrons. The van der Waals surface area contributed by atoms with Crippen molar-refractivity contribution in [1.82, 2.24) is 0 Å². The highest BCUT2D eigenvalue weighted by Crippen LogP contribution is 2.45. The van der Waals surface area contributed by atoms with Crippen LogP contribution in [0.3, 0.4) is 0 Å². The summed E-state index contributed by atoms with van der Waals surface area (Å²) in [6, 6.07) is 0.456. The number of nitro benzene ring substituents is 1. The summed E-state index contributed by atoms with van der Waals surface area (Å²) in [7, 11) is 0. The van der Waals surface area contributed by atoms with Gasteiger partial charge in [-0.1, -0.05) is 23.2 Å². The van der Waals surface area contributed by atoms with E-state index in [1.165, 1.54) is 0 Å². The minimum atomic E-state index is -4.83. The molecule has 0 heterocycles. The molecule has 1 aromatic carbocycles. The first-order valence-electron chi connectivity index (χ1n) is 3.65. The van der Waals surface area contributed by atoms with E-state index >= 15 is 0 Å². The first kappa shape index (κ1) is 12.9. The molecule has 0 atom stereocenters. The van der Waals surface area contributed by atoms with Gasteiger partial charge in [0.2, 0.25) is 0 Å². The van der Waals surface area contributed by atoms with Crippen molar-refractivity contribution in [3.63, 3.8) is 0 Å². The van der Waals surface area contributed by atoms with Gasteiger partial charge in [0.15, 0.2) is 0 Å². The van der Waals surface area contributed by atoms with Crippen molar-refractivity contribution < 1.29 is 18.1 Å². The van der Waals surface area contributed by atoms with Gasteiger partial charge in [0.1, 0.15) is 10.0 Å². The van der Waals surface area contributed by atoms with Crippen LogP contribution in [-0.4, -0.2) is 4.92 Å². The van der Waals surface area contributed by atoms with Crippen molar-refractivity contribution in [2.24, 2.45) is 0 Å². The van der Waals surface area contributed by atoms with E-state index in [-0.39, 0.29) is 0 Å². The molecule has 0 aliphatic carbocycles. The number of anilines is 1. The molecular weight excluding hydrogens is 272 g/mol. The second kappa shape index (κ2) is 3.99. The van der Waals surface area contributed by atoms with Crippen molar-refractivity contribution in [1.29, 1.82) is 0 Å². The molecule has 1 aromatic rings. The van der Waals surface area contributed by atoms with Gasteiger partial charge >= 0.3 is 11.9 Å². The number of nitrogen functional groups attached to an aromatic ring is 1. The van der Waals surface area contributed by atoms with E-state index < -0.39 is 38.1 Å². The van der Waals surface area contributed by atoms with Crippen LogP contribution in [0.25, 0.3) is 0 Å². The van der Waals surface area contributed by atoms with Crippen molar-refractivity contribution in [2.75, 3.05) is 5.73 Å². The summed E-state index contributed by atoms with van der Waals surface area (Å²) < 4.78 is 37.2. The van der Waals surface area contributed by atoms with Gasteiger partial charge in [-0.2, -0.15) is 13.2 Å². The number of hydrogen-bond donors (Lipinski definition) is 1. The predicted molar refractivity (Wildman–Crippen MR) is 52.5 cm³/mol. The molecule has 4 nitrogen and oxygen atoms in total. The van der Waals surface area contributed by atoms with Gasteiger partial charge in [0.25, 0.3) is 0 Å². The average Bonchev–Trinajstić information content (AvgIpc) is 2.09. The Morgan fingerprint density at radius 2 is 1.81 bits per heavy atom. The highest BCUT2D eigenvalue weighted by molar-refractivity contribution is 6.40. The molecule has 0 spiro atoms. The lowest BCUT2D eigenvalue weighted by Gasteiger charge is -2.11. The van der Waals surface area contributed by atoms with Gasteiger partial charge in [0.05, 0.1) is 16.2 Å². The zero-order valence-electron chi connectivity index (χ0n) is 7.31. The van der Waals surface area contributed by atoms with E-state index in [2.05, 4.69) is 0 Å². The van der Waals surface area contributed by atoms with Crippen LogP contribution < -0.4 is 5.73 Å². The number of halogens is 5. The van der Waals surface area contributed by atoms with Crippen molar-refractivity contribution >= 4 is 34.6 Å². The number of hydrogen-bond acceptors (Lipinski definition) is 3. The summed E-state index contributed by atoms with van der Waals surface area (Å²) in [5.41, 5.74) is 2.15. The van der Waals surface area contributed by atoms with E-state index in [0.29, 0.717) is 6.07 Å². The number of nitrogens with zero attached hydrogens (tertiary/aromatic N) is 1. The monoisotopic (exact) mass is 274 g/mol. The van der Waals surface area contributed by atoms with Crippen LogP contribution in [0, 0.1) is 10.1 Å². The summed E-state index contributed by atoms with van der Waals surface area (Å²) in [4.78, 5) is 9.37. The van der Waals surface area contributed by atoms with Crippen molar-refractivity contribution in [3.05, 3.63) is 31.8 Å². The van der Waals surface area contributed by atoms with Crippen LogP contribution in [0.5, 0.6) is 0 Å². The SMILES string of the molecule is Nc1cc(C(F)(F)F)c(Cl)c([N+](=O)[O-])c1Cl. The summed E-state index contributed by atoms with van der Waals surface area (Å²) >= 11 is 10.7. The average molecular weight is 275 g/mol. The molecule has 9 heteroatoms. The molecule has 16 heavy (non-hydrogen) atoms. The third kappa shape index (κ3) is 2.14. The van der Waals surface area contributed by atoms with E-state index in [9.17, 15) is 23.3 Å². The summed E-state index contributed by atoms with van der Waals surface area (Å²) in [5, 5.41) is 8.81. The smallest absolute Gasteiger partial charge is 0.397 e. The van der Waals surface area contributed by atoms with Gasteiger partial charge < -0.3 is 5.73 Å². The Kier molecular flexibility index (Phi) is 3.20. The summed E-state index contributed by atoms with van der Waals surface area (Å²) in [6.07, 6.45) is -4.83. The maximum Gasteiger partial charge on any atom is 0.418 e. The number of nitrogens with two attached hydrogens (primary N) is 1. The fourth-order valence-electron chi connectivity index (χ4n) is 1.01. The Morgan fingerprint density at radius 3 is 2.19 bits per heavy atom. The van der Waals surface area contributed by atoms with Crippen LogP contribution >= 0.6 is 23.2 Å². The Hall–Kier alpha value is -1.21. The van der Waals surface area contributed by atoms with Crippen LogP contribution in [0.15, 0.2) is 6.07 Å². The lowest BCUT2D eigenvalue weighted by molar-refractivity contribution is -0.384. The third-order valence-electron chi connectivity index (χ3n) is 1.69. The largest absolute Gasteiger partial charge is 0.418 e. The zero-order chi connectivity index (χ0) is 12.7. The number of benzene rings is 1. The molecule has 0 fully saturated rings. The Labute approximate surface area is 96.9 Å². The van der Waals surface area contributed by atoms with Gasteiger partial charge in [-0.3, -0.25) is 10.1 Å². The first-order chi connectivity index (χ1) is 7.16. The second-order valence-corrected chi connectivity index (χ2v) is 3.50. The standard InChI is InChI=1S/C7H3Cl2F3N2O2/c8-4-2(7(10,11)12)1-3(13)5(9)6(4)14(15)16/h1H,13H2. The van der Waals surface area contributed by atoms with Crippen molar-refractivity contribution in [2.45, 2.75) is 6.18 Å². The molecule has 88 valence electrons. The van der Waals surface area contributed by atoms with Gasteiger partial charge in [-0.15, -0.1) is 0 Å². The fourth-order valence-corrected chi connectivity index (χ4v) is 1.60. The lowest BCUT2D eigenvalue weighted by atomic mass is 10.1. The zero-order valence-corrected chi connectivity index (χ0v) is 8.82. The van der Waals surface area contributed by atoms with E-state index in [0.717, 1.165) is 0 Å². The minimum Gasteiger partial charge on any atom is -0.397 e. The van der Waals surface area contributed by atoms with Crippen LogP contribution in [-0.2, 0) is 6.18 Å².